The van der Waals surface area contributed by atoms with E-state index in [-0.39, 0.29) is 37.5 Å². The molecule has 0 saturated heterocycles. The number of carbonyl (C=O) groups is 3. The van der Waals surface area contributed by atoms with Crippen molar-refractivity contribution in [3.63, 3.8) is 0 Å². The van der Waals surface area contributed by atoms with Crippen molar-refractivity contribution in [2.45, 2.75) is 194 Å². The minimum absolute atomic E-state index is 0.124. The van der Waals surface area contributed by atoms with E-state index in [9.17, 15) is 14.4 Å². The lowest BCUT2D eigenvalue weighted by Gasteiger charge is -2.18. The maximum absolute atomic E-state index is 12.8. The molecule has 0 heterocycles. The molecule has 0 aromatic carbocycles. The highest BCUT2D eigenvalue weighted by molar-refractivity contribution is 5.71. The van der Waals surface area contributed by atoms with E-state index in [1.165, 1.54) is 64.2 Å². The summed E-state index contributed by atoms with van der Waals surface area (Å²) in [4.78, 5) is 37.9. The van der Waals surface area contributed by atoms with Crippen LogP contribution >= 0.6 is 0 Å². The normalized spacial score (nSPS) is 13.3. The third kappa shape index (κ3) is 48.4. The zero-order valence-electron chi connectivity index (χ0n) is 40.0. The fourth-order valence-corrected chi connectivity index (χ4v) is 6.15. The lowest BCUT2D eigenvalue weighted by Crippen LogP contribution is -2.30. The number of unbranched alkanes of at least 4 members (excludes halogenated alkanes) is 15. The van der Waals surface area contributed by atoms with Crippen LogP contribution in [0, 0.1) is 0 Å². The molecule has 0 spiro atoms. The minimum Gasteiger partial charge on any atom is -0.462 e. The van der Waals surface area contributed by atoms with Gasteiger partial charge in [0, 0.05) is 19.3 Å². The molecule has 0 aliphatic rings. The summed E-state index contributed by atoms with van der Waals surface area (Å²) in [7, 11) is 0. The van der Waals surface area contributed by atoms with Crippen LogP contribution in [0.25, 0.3) is 0 Å². The second-order valence-corrected chi connectivity index (χ2v) is 15.8. The number of allylic oxidation sites excluding steroid dienone is 22. The van der Waals surface area contributed by atoms with Crippen molar-refractivity contribution in [2.24, 2.45) is 0 Å². The van der Waals surface area contributed by atoms with Crippen LogP contribution in [-0.4, -0.2) is 37.2 Å². The first kappa shape index (κ1) is 58.6. The number of ether oxygens (including phenoxy) is 3. The molecule has 0 amide bonds. The van der Waals surface area contributed by atoms with Gasteiger partial charge < -0.3 is 14.2 Å². The van der Waals surface area contributed by atoms with E-state index >= 15 is 0 Å². The molecule has 0 aromatic rings. The highest BCUT2D eigenvalue weighted by Gasteiger charge is 2.19. The minimum atomic E-state index is -0.823. The summed E-state index contributed by atoms with van der Waals surface area (Å²) in [5, 5.41) is 0. The van der Waals surface area contributed by atoms with Crippen molar-refractivity contribution in [1.29, 1.82) is 0 Å². The lowest BCUT2D eigenvalue weighted by molar-refractivity contribution is -0.167. The second kappa shape index (κ2) is 50.2. The Morgan fingerprint density at radius 1 is 0.349 bits per heavy atom. The van der Waals surface area contributed by atoms with Crippen LogP contribution in [-0.2, 0) is 28.6 Å². The molecule has 0 rings (SSSR count). The van der Waals surface area contributed by atoms with Gasteiger partial charge in [-0.1, -0.05) is 212 Å². The molecule has 0 aromatic heterocycles. The van der Waals surface area contributed by atoms with E-state index in [2.05, 4.69) is 81.5 Å². The van der Waals surface area contributed by atoms with Crippen LogP contribution in [0.4, 0.5) is 0 Å². The van der Waals surface area contributed by atoms with Gasteiger partial charge in [0.15, 0.2) is 6.10 Å². The van der Waals surface area contributed by atoms with Crippen LogP contribution in [0.5, 0.6) is 0 Å². The molecule has 0 aliphatic heterocycles. The highest BCUT2D eigenvalue weighted by Crippen LogP contribution is 2.13. The number of rotatable bonds is 42. The first-order valence-electron chi connectivity index (χ1n) is 24.8. The maximum Gasteiger partial charge on any atom is 0.306 e. The predicted molar refractivity (Wildman–Crippen MR) is 269 cm³/mol. The van der Waals surface area contributed by atoms with E-state index < -0.39 is 6.10 Å². The van der Waals surface area contributed by atoms with Gasteiger partial charge in [-0.05, 0) is 89.9 Å². The second-order valence-electron chi connectivity index (χ2n) is 15.8. The van der Waals surface area contributed by atoms with Gasteiger partial charge in [-0.2, -0.15) is 0 Å². The Hall–Kier alpha value is -4.45. The first-order chi connectivity index (χ1) is 31.0. The van der Waals surface area contributed by atoms with Crippen LogP contribution in [0.1, 0.15) is 188 Å². The maximum atomic E-state index is 12.8. The standard InChI is InChI=1S/C57H88O6/c1-4-7-10-13-16-19-22-24-26-27-28-29-31-32-35-38-41-44-47-50-56(59)62-53-54(52-61-55(58)49-46-43-40-37-34-21-18-15-12-9-6-3)63-57(60)51-48-45-42-39-36-33-30-25-23-20-17-14-11-8-5-2/h7,9-10,12-13,16,18-24,26-29,31-32,35,37,40,54H,4-6,8,11,14-15,17,25,30,33-34,36,38-39,41-53H2,1-3H3/b10-7-,12-9-,16-13-,21-18-,22-19-,23-20-,26-24-,28-27+,31-29-,35-32-,40-37-. The number of hydrogen-bond donors (Lipinski definition) is 0. The van der Waals surface area contributed by atoms with E-state index in [1.807, 2.05) is 72.9 Å². The summed E-state index contributed by atoms with van der Waals surface area (Å²) in [5.74, 6) is -1.04. The number of esters is 3. The van der Waals surface area contributed by atoms with Crippen molar-refractivity contribution in [3.05, 3.63) is 134 Å². The smallest absolute Gasteiger partial charge is 0.306 e. The molecule has 0 radical (unpaired) electrons. The van der Waals surface area contributed by atoms with Gasteiger partial charge >= 0.3 is 17.9 Å². The van der Waals surface area contributed by atoms with Crippen molar-refractivity contribution >= 4 is 17.9 Å². The number of carbonyl (C=O) groups excluding carboxylic acids is 3. The molecule has 63 heavy (non-hydrogen) atoms. The quantitative estimate of drug-likeness (QED) is 0.0200. The van der Waals surface area contributed by atoms with Crippen molar-refractivity contribution < 1.29 is 28.6 Å². The molecule has 1 unspecified atom stereocenters. The van der Waals surface area contributed by atoms with Gasteiger partial charge in [0.1, 0.15) is 13.2 Å². The fourth-order valence-electron chi connectivity index (χ4n) is 6.15. The third-order valence-corrected chi connectivity index (χ3v) is 9.81. The van der Waals surface area contributed by atoms with Gasteiger partial charge in [-0.25, -0.2) is 0 Å². The monoisotopic (exact) mass is 869 g/mol. The van der Waals surface area contributed by atoms with Crippen molar-refractivity contribution in [1.82, 2.24) is 0 Å². The van der Waals surface area contributed by atoms with E-state index in [0.717, 1.165) is 70.6 Å². The summed E-state index contributed by atoms with van der Waals surface area (Å²) < 4.78 is 16.7. The zero-order valence-corrected chi connectivity index (χ0v) is 40.0. The van der Waals surface area contributed by atoms with Crippen LogP contribution in [0.2, 0.25) is 0 Å². The molecule has 6 nitrogen and oxygen atoms in total. The highest BCUT2D eigenvalue weighted by atomic mass is 16.6. The Balaban J connectivity index is 4.56. The molecule has 0 N–H and O–H groups in total. The Labute approximate surface area is 385 Å². The Morgan fingerprint density at radius 2 is 0.714 bits per heavy atom. The third-order valence-electron chi connectivity index (χ3n) is 9.81. The lowest BCUT2D eigenvalue weighted by atomic mass is 10.1. The molecular formula is C57H88O6. The summed E-state index contributed by atoms with van der Waals surface area (Å²) in [6.07, 6.45) is 70.1. The number of hydrogen-bond acceptors (Lipinski definition) is 6. The van der Waals surface area contributed by atoms with Crippen molar-refractivity contribution in [3.8, 4) is 0 Å². The average Bonchev–Trinajstić information content (AvgIpc) is 3.28. The topological polar surface area (TPSA) is 78.9 Å². The van der Waals surface area contributed by atoms with Gasteiger partial charge in [0.2, 0.25) is 0 Å². The summed E-state index contributed by atoms with van der Waals surface area (Å²) in [6.45, 7) is 6.24. The SMILES string of the molecule is CC\C=C/C=C\C=C/C=C\C=C\C=C/C=C\CCCCCC(=O)OCC(COC(=O)CCC/C=C\C/C=C\C/C=C\CC)OC(=O)CCCCCCCCC/C=C\CCCCCC. The van der Waals surface area contributed by atoms with Gasteiger partial charge in [-0.15, -0.1) is 0 Å². The Morgan fingerprint density at radius 3 is 1.25 bits per heavy atom. The van der Waals surface area contributed by atoms with Gasteiger partial charge in [0.25, 0.3) is 0 Å². The molecule has 0 bridgehead atoms. The summed E-state index contributed by atoms with van der Waals surface area (Å²) in [5.41, 5.74) is 0. The molecule has 0 fully saturated rings. The zero-order chi connectivity index (χ0) is 45.8. The molecule has 0 saturated carbocycles. The van der Waals surface area contributed by atoms with Crippen LogP contribution in [0.3, 0.4) is 0 Å². The molecule has 352 valence electrons. The summed E-state index contributed by atoms with van der Waals surface area (Å²) >= 11 is 0. The fraction of sp³-hybridized carbons (Fsp3) is 0.561. The summed E-state index contributed by atoms with van der Waals surface area (Å²) in [6, 6.07) is 0. The van der Waals surface area contributed by atoms with Gasteiger partial charge in [-0.3, -0.25) is 14.4 Å². The largest absolute Gasteiger partial charge is 0.462 e. The Bertz CT molecular complexity index is 1420. The predicted octanol–water partition coefficient (Wildman–Crippen LogP) is 16.3. The van der Waals surface area contributed by atoms with E-state index in [4.69, 9.17) is 14.2 Å². The Kier molecular flexibility index (Phi) is 46.7. The van der Waals surface area contributed by atoms with Crippen molar-refractivity contribution in [2.75, 3.05) is 13.2 Å². The average molecular weight is 869 g/mol. The van der Waals surface area contributed by atoms with E-state index in [1.54, 1.807) is 0 Å². The molecule has 1 atom stereocenters. The van der Waals surface area contributed by atoms with Crippen LogP contribution < -0.4 is 0 Å². The molecular weight excluding hydrogens is 781 g/mol. The molecule has 0 aliphatic carbocycles. The van der Waals surface area contributed by atoms with E-state index in [0.29, 0.717) is 25.7 Å². The van der Waals surface area contributed by atoms with Crippen LogP contribution in [0.15, 0.2) is 134 Å². The first-order valence-corrected chi connectivity index (χ1v) is 24.8. The van der Waals surface area contributed by atoms with Gasteiger partial charge in [0.05, 0.1) is 0 Å². The molecule has 6 heteroatoms.